The van der Waals surface area contributed by atoms with Crippen molar-refractivity contribution in [2.45, 2.75) is 20.5 Å². The van der Waals surface area contributed by atoms with E-state index in [2.05, 4.69) is 15.5 Å². The molecule has 1 N–H and O–H groups in total. The molecule has 0 aliphatic rings. The average molecular weight is 400 g/mol. The Hall–Kier alpha value is -3.20. The number of aryl methyl sites for hydroxylation is 2. The van der Waals surface area contributed by atoms with Crippen molar-refractivity contribution in [3.63, 3.8) is 0 Å². The normalized spacial score (nSPS) is 10.5. The molecule has 0 fully saturated rings. The second kappa shape index (κ2) is 8.66. The van der Waals surface area contributed by atoms with E-state index in [9.17, 15) is 9.59 Å². The molecule has 1 aromatic carbocycles. The van der Waals surface area contributed by atoms with Crippen LogP contribution >= 0.6 is 11.3 Å². The summed E-state index contributed by atoms with van der Waals surface area (Å²) in [6.45, 7) is 3.94. The number of aromatic nitrogens is 2. The number of benzene rings is 1. The highest BCUT2D eigenvalue weighted by Crippen LogP contribution is 2.16. The highest BCUT2D eigenvalue weighted by atomic mass is 32.1. The fraction of sp³-hybridized carbons (Fsp3) is 0.263. The van der Waals surface area contributed by atoms with Crippen LogP contribution in [0.25, 0.3) is 0 Å². The van der Waals surface area contributed by atoms with Gasteiger partial charge in [0, 0.05) is 24.1 Å². The number of rotatable bonds is 7. The molecule has 0 bridgehead atoms. The van der Waals surface area contributed by atoms with Gasteiger partial charge in [0.15, 0.2) is 5.82 Å². The van der Waals surface area contributed by atoms with Gasteiger partial charge in [0.25, 0.3) is 5.91 Å². The largest absolute Gasteiger partial charge is 0.487 e. The predicted molar refractivity (Wildman–Crippen MR) is 104 cm³/mol. The molecule has 2 heterocycles. The van der Waals surface area contributed by atoms with Crippen LogP contribution in [0, 0.1) is 13.8 Å². The predicted octanol–water partition coefficient (Wildman–Crippen LogP) is 3.04. The van der Waals surface area contributed by atoms with Gasteiger partial charge in [-0.05, 0) is 38.1 Å². The number of likely N-dealkylation sites (N-methyl/N-ethyl adjacent to an activating group) is 1. The lowest BCUT2D eigenvalue weighted by Crippen LogP contribution is -2.34. The van der Waals surface area contributed by atoms with Crippen LogP contribution < -0.4 is 10.1 Å². The summed E-state index contributed by atoms with van der Waals surface area (Å²) in [7, 11) is 1.56. The number of hydrogen-bond donors (Lipinski definition) is 1. The number of carbonyl (C=O) groups is 2. The van der Waals surface area contributed by atoms with Crippen LogP contribution in [0.4, 0.5) is 5.82 Å². The average Bonchev–Trinajstić information content (AvgIpc) is 3.27. The van der Waals surface area contributed by atoms with E-state index in [4.69, 9.17) is 9.26 Å². The van der Waals surface area contributed by atoms with E-state index in [1.807, 2.05) is 12.3 Å². The van der Waals surface area contributed by atoms with Crippen molar-refractivity contribution in [1.82, 2.24) is 15.0 Å². The Labute approximate surface area is 166 Å². The Bertz CT molecular complexity index is 964. The summed E-state index contributed by atoms with van der Waals surface area (Å²) in [5.74, 6) is 0.923. The quantitative estimate of drug-likeness (QED) is 0.655. The highest BCUT2D eigenvalue weighted by molar-refractivity contribution is 7.09. The molecule has 3 rings (SSSR count). The SMILES string of the molecule is Cc1cc(NC(=O)CN(C)C(=O)c2ccc(OCc3csc(C)n3)cc2)no1. The molecule has 0 radical (unpaired) electrons. The van der Waals surface area contributed by atoms with Crippen LogP contribution in [0.5, 0.6) is 5.75 Å². The lowest BCUT2D eigenvalue weighted by molar-refractivity contribution is -0.116. The maximum Gasteiger partial charge on any atom is 0.254 e. The molecule has 28 heavy (non-hydrogen) atoms. The first kappa shape index (κ1) is 19.6. The van der Waals surface area contributed by atoms with Gasteiger partial charge in [-0.1, -0.05) is 5.16 Å². The molecular formula is C19H20N4O4S. The van der Waals surface area contributed by atoms with Crippen molar-refractivity contribution in [1.29, 1.82) is 0 Å². The Morgan fingerprint density at radius 1 is 1.25 bits per heavy atom. The minimum absolute atomic E-state index is 0.105. The maximum atomic E-state index is 12.5. The van der Waals surface area contributed by atoms with Crippen LogP contribution in [0.15, 0.2) is 40.2 Å². The van der Waals surface area contributed by atoms with Gasteiger partial charge in [0.1, 0.15) is 18.1 Å². The molecular weight excluding hydrogens is 380 g/mol. The standard InChI is InChI=1S/C19H20N4O4S/c1-12-8-17(22-27-12)21-18(24)9-23(3)19(25)14-4-6-16(7-5-14)26-10-15-11-28-13(2)20-15/h4-8,11H,9-10H2,1-3H3,(H,21,22,24). The minimum atomic E-state index is -0.359. The Kier molecular flexibility index (Phi) is 6.05. The van der Waals surface area contributed by atoms with Crippen molar-refractivity contribution in [2.24, 2.45) is 0 Å². The number of thiazole rings is 1. The maximum absolute atomic E-state index is 12.5. The lowest BCUT2D eigenvalue weighted by Gasteiger charge is -2.16. The van der Waals surface area contributed by atoms with E-state index in [0.29, 0.717) is 29.5 Å². The second-order valence-corrected chi connectivity index (χ2v) is 7.27. The molecule has 0 saturated carbocycles. The van der Waals surface area contributed by atoms with Crippen molar-refractivity contribution < 1.29 is 18.8 Å². The van der Waals surface area contributed by atoms with Gasteiger partial charge >= 0.3 is 0 Å². The third-order valence-electron chi connectivity index (χ3n) is 3.78. The topological polar surface area (TPSA) is 97.6 Å². The summed E-state index contributed by atoms with van der Waals surface area (Å²) in [4.78, 5) is 30.2. The van der Waals surface area contributed by atoms with E-state index in [0.717, 1.165) is 10.7 Å². The van der Waals surface area contributed by atoms with E-state index in [-0.39, 0.29) is 18.4 Å². The Balaban J connectivity index is 1.52. The van der Waals surface area contributed by atoms with Crippen LogP contribution in [0.1, 0.15) is 26.8 Å². The summed E-state index contributed by atoms with van der Waals surface area (Å²) in [6.07, 6.45) is 0. The molecule has 2 amide bonds. The third-order valence-corrected chi connectivity index (χ3v) is 4.60. The van der Waals surface area contributed by atoms with Crippen molar-refractivity contribution in [3.05, 3.63) is 57.7 Å². The zero-order valence-electron chi connectivity index (χ0n) is 15.8. The van der Waals surface area contributed by atoms with Gasteiger partial charge in [-0.25, -0.2) is 4.98 Å². The number of nitrogens with zero attached hydrogens (tertiary/aromatic N) is 3. The number of hydrogen-bond acceptors (Lipinski definition) is 7. The van der Waals surface area contributed by atoms with Crippen LogP contribution in [0.2, 0.25) is 0 Å². The molecule has 0 saturated heterocycles. The van der Waals surface area contributed by atoms with Gasteiger partial charge in [-0.2, -0.15) is 0 Å². The second-order valence-electron chi connectivity index (χ2n) is 6.20. The van der Waals surface area contributed by atoms with Crippen LogP contribution in [-0.4, -0.2) is 40.4 Å². The first-order valence-electron chi connectivity index (χ1n) is 8.53. The first-order chi connectivity index (χ1) is 13.4. The summed E-state index contributed by atoms with van der Waals surface area (Å²) < 4.78 is 10.6. The first-order valence-corrected chi connectivity index (χ1v) is 9.41. The van der Waals surface area contributed by atoms with Gasteiger partial charge in [0.2, 0.25) is 5.91 Å². The Morgan fingerprint density at radius 2 is 2.00 bits per heavy atom. The number of nitrogens with one attached hydrogen (secondary N) is 1. The monoisotopic (exact) mass is 400 g/mol. The Morgan fingerprint density at radius 3 is 2.61 bits per heavy atom. The third kappa shape index (κ3) is 5.17. The van der Waals surface area contributed by atoms with Gasteiger partial charge < -0.3 is 19.5 Å². The van der Waals surface area contributed by atoms with E-state index < -0.39 is 0 Å². The molecule has 0 aliphatic carbocycles. The molecule has 0 unspecified atom stereocenters. The van der Waals surface area contributed by atoms with Crippen molar-refractivity contribution >= 4 is 29.0 Å². The fourth-order valence-electron chi connectivity index (χ4n) is 2.44. The van der Waals surface area contributed by atoms with Crippen molar-refractivity contribution in [3.8, 4) is 5.75 Å². The molecule has 0 atom stereocenters. The van der Waals surface area contributed by atoms with Crippen LogP contribution in [0.3, 0.4) is 0 Å². The zero-order chi connectivity index (χ0) is 20.1. The van der Waals surface area contributed by atoms with E-state index in [1.54, 1.807) is 55.6 Å². The molecule has 0 spiro atoms. The summed E-state index contributed by atoms with van der Waals surface area (Å²) >= 11 is 1.57. The minimum Gasteiger partial charge on any atom is -0.487 e. The molecule has 8 nitrogen and oxygen atoms in total. The van der Waals surface area contributed by atoms with Gasteiger partial charge in [-0.15, -0.1) is 11.3 Å². The molecule has 0 aliphatic heterocycles. The lowest BCUT2D eigenvalue weighted by atomic mass is 10.2. The number of anilines is 1. The van der Waals surface area contributed by atoms with Gasteiger partial charge in [0.05, 0.1) is 17.2 Å². The number of ether oxygens (including phenoxy) is 1. The van der Waals surface area contributed by atoms with Crippen molar-refractivity contribution in [2.75, 3.05) is 18.9 Å². The fourth-order valence-corrected chi connectivity index (χ4v) is 3.04. The van der Waals surface area contributed by atoms with E-state index in [1.165, 1.54) is 4.90 Å². The summed E-state index contributed by atoms with van der Waals surface area (Å²) in [5, 5.41) is 9.21. The summed E-state index contributed by atoms with van der Waals surface area (Å²) in [6, 6.07) is 8.38. The van der Waals surface area contributed by atoms with Crippen LogP contribution in [-0.2, 0) is 11.4 Å². The van der Waals surface area contributed by atoms with Gasteiger partial charge in [-0.3, -0.25) is 9.59 Å². The molecule has 2 aromatic heterocycles. The zero-order valence-corrected chi connectivity index (χ0v) is 16.6. The highest BCUT2D eigenvalue weighted by Gasteiger charge is 2.16. The number of amides is 2. The molecule has 3 aromatic rings. The molecule has 146 valence electrons. The van der Waals surface area contributed by atoms with E-state index >= 15 is 0 Å². The molecule has 9 heteroatoms. The summed E-state index contributed by atoms with van der Waals surface area (Å²) in [5.41, 5.74) is 1.33. The smallest absolute Gasteiger partial charge is 0.254 e. The number of carbonyl (C=O) groups excluding carboxylic acids is 2.